The minimum absolute atomic E-state index is 0.221. The van der Waals surface area contributed by atoms with E-state index in [4.69, 9.17) is 9.57 Å². The van der Waals surface area contributed by atoms with Crippen molar-refractivity contribution in [1.29, 1.82) is 0 Å². The van der Waals surface area contributed by atoms with E-state index in [9.17, 15) is 4.79 Å². The molecule has 0 radical (unpaired) electrons. The Bertz CT molecular complexity index is 422. The van der Waals surface area contributed by atoms with E-state index in [1.165, 1.54) is 6.92 Å². The summed E-state index contributed by atoms with van der Waals surface area (Å²) in [5.41, 5.74) is 4.51. The van der Waals surface area contributed by atoms with E-state index >= 15 is 0 Å². The Balaban J connectivity index is 2.71. The molecule has 0 aliphatic carbocycles. The molecule has 0 heterocycles. The smallest absolute Gasteiger partial charge is 0.249 e. The highest BCUT2D eigenvalue weighted by Gasteiger charge is 2.07. The van der Waals surface area contributed by atoms with Crippen molar-refractivity contribution in [3.8, 4) is 5.75 Å². The first-order chi connectivity index (χ1) is 9.67. The summed E-state index contributed by atoms with van der Waals surface area (Å²) in [6.45, 7) is 6.00. The lowest BCUT2D eigenvalue weighted by Crippen LogP contribution is -2.25. The van der Waals surface area contributed by atoms with E-state index in [1.807, 2.05) is 18.2 Å². The average molecular weight is 280 g/mol. The van der Waals surface area contributed by atoms with Gasteiger partial charge in [0.15, 0.2) is 5.75 Å². The van der Waals surface area contributed by atoms with Crippen molar-refractivity contribution in [2.75, 3.05) is 20.2 Å². The molecule has 0 fully saturated rings. The van der Waals surface area contributed by atoms with Crippen LogP contribution in [0, 0.1) is 0 Å². The SMILES string of the molecule is CCCNCCc1cc(COC)ccc1ONC(C)=O. The van der Waals surface area contributed by atoms with Crippen molar-refractivity contribution in [1.82, 2.24) is 10.8 Å². The van der Waals surface area contributed by atoms with Crippen molar-refractivity contribution >= 4 is 5.91 Å². The van der Waals surface area contributed by atoms with Gasteiger partial charge in [0.25, 0.3) is 0 Å². The first-order valence-electron chi connectivity index (χ1n) is 6.92. The maximum absolute atomic E-state index is 10.9. The molecule has 0 aliphatic heterocycles. The van der Waals surface area contributed by atoms with E-state index in [-0.39, 0.29) is 5.91 Å². The maximum atomic E-state index is 10.9. The molecule has 1 aromatic carbocycles. The molecule has 0 spiro atoms. The monoisotopic (exact) mass is 280 g/mol. The van der Waals surface area contributed by atoms with Crippen LogP contribution in [0.4, 0.5) is 0 Å². The number of amides is 1. The number of carbonyl (C=O) groups excluding carboxylic acids is 1. The number of methoxy groups -OCH3 is 1. The van der Waals surface area contributed by atoms with Gasteiger partial charge in [-0.1, -0.05) is 13.0 Å². The third kappa shape index (κ3) is 6.04. The van der Waals surface area contributed by atoms with Crippen LogP contribution in [0.15, 0.2) is 18.2 Å². The van der Waals surface area contributed by atoms with Crippen molar-refractivity contribution in [3.05, 3.63) is 29.3 Å². The van der Waals surface area contributed by atoms with Gasteiger partial charge in [-0.25, -0.2) is 0 Å². The van der Waals surface area contributed by atoms with Crippen LogP contribution >= 0.6 is 0 Å². The number of ether oxygens (including phenoxy) is 1. The summed E-state index contributed by atoms with van der Waals surface area (Å²) in [6, 6.07) is 5.84. The summed E-state index contributed by atoms with van der Waals surface area (Å²) < 4.78 is 5.14. The van der Waals surface area contributed by atoms with E-state index in [2.05, 4.69) is 17.7 Å². The quantitative estimate of drug-likeness (QED) is 0.535. The first kappa shape index (κ1) is 16.5. The van der Waals surface area contributed by atoms with E-state index in [0.29, 0.717) is 12.4 Å². The van der Waals surface area contributed by atoms with Gasteiger partial charge in [-0.15, -0.1) is 0 Å². The number of hydrogen-bond acceptors (Lipinski definition) is 4. The molecule has 5 heteroatoms. The summed E-state index contributed by atoms with van der Waals surface area (Å²) in [4.78, 5) is 16.2. The molecule has 2 N–H and O–H groups in total. The van der Waals surface area contributed by atoms with E-state index in [1.54, 1.807) is 7.11 Å². The van der Waals surface area contributed by atoms with Crippen LogP contribution in [-0.2, 0) is 22.6 Å². The molecule has 1 aromatic rings. The number of carbonyl (C=O) groups is 1. The third-order valence-corrected chi connectivity index (χ3v) is 2.74. The molecular weight excluding hydrogens is 256 g/mol. The Hall–Kier alpha value is -1.59. The maximum Gasteiger partial charge on any atom is 0.249 e. The molecule has 1 rings (SSSR count). The summed E-state index contributed by atoms with van der Waals surface area (Å²) >= 11 is 0. The van der Waals surface area contributed by atoms with Gasteiger partial charge in [-0.2, -0.15) is 5.48 Å². The Labute approximate surface area is 120 Å². The Morgan fingerprint density at radius 1 is 1.30 bits per heavy atom. The highest BCUT2D eigenvalue weighted by Crippen LogP contribution is 2.20. The normalized spacial score (nSPS) is 10.3. The third-order valence-electron chi connectivity index (χ3n) is 2.74. The van der Waals surface area contributed by atoms with Crippen LogP contribution in [0.1, 0.15) is 31.4 Å². The van der Waals surface area contributed by atoms with Gasteiger partial charge in [0.2, 0.25) is 5.91 Å². The van der Waals surface area contributed by atoms with Crippen molar-refractivity contribution < 1.29 is 14.4 Å². The molecule has 0 saturated carbocycles. The predicted molar refractivity (Wildman–Crippen MR) is 78.5 cm³/mol. The molecule has 112 valence electrons. The van der Waals surface area contributed by atoms with Gasteiger partial charge < -0.3 is 14.9 Å². The molecule has 0 saturated heterocycles. The van der Waals surface area contributed by atoms with Gasteiger partial charge in [0.1, 0.15) is 0 Å². The number of nitrogens with one attached hydrogen (secondary N) is 2. The van der Waals surface area contributed by atoms with Gasteiger partial charge in [0.05, 0.1) is 6.61 Å². The van der Waals surface area contributed by atoms with Crippen LogP contribution in [0.25, 0.3) is 0 Å². The number of benzene rings is 1. The molecular formula is C15H24N2O3. The van der Waals surface area contributed by atoms with Gasteiger partial charge in [-0.05, 0) is 49.2 Å². The topological polar surface area (TPSA) is 59.6 Å². The molecule has 0 aromatic heterocycles. The second kappa shape index (κ2) is 9.34. The largest absolute Gasteiger partial charge is 0.380 e. The molecule has 5 nitrogen and oxygen atoms in total. The van der Waals surface area contributed by atoms with Gasteiger partial charge in [0, 0.05) is 14.0 Å². The molecule has 0 aliphatic rings. The van der Waals surface area contributed by atoms with Crippen LogP contribution < -0.4 is 15.6 Å². The molecule has 0 atom stereocenters. The summed E-state index contributed by atoms with van der Waals surface area (Å²) in [6.07, 6.45) is 1.95. The van der Waals surface area contributed by atoms with E-state index in [0.717, 1.165) is 37.1 Å². The number of rotatable bonds is 9. The summed E-state index contributed by atoms with van der Waals surface area (Å²) in [5.74, 6) is 0.458. The minimum Gasteiger partial charge on any atom is -0.380 e. The lowest BCUT2D eigenvalue weighted by atomic mass is 10.1. The Kier molecular flexibility index (Phi) is 7.69. The second-order valence-corrected chi connectivity index (χ2v) is 4.64. The first-order valence-corrected chi connectivity index (χ1v) is 6.92. The standard InChI is InChI=1S/C15H24N2O3/c1-4-8-16-9-7-14-10-13(11-19-3)5-6-15(14)20-17-12(2)18/h5-6,10,16H,4,7-9,11H2,1-3H3,(H,17,18). The summed E-state index contributed by atoms with van der Waals surface area (Å²) in [5, 5.41) is 3.35. The number of hydrogen-bond donors (Lipinski definition) is 2. The minimum atomic E-state index is -0.221. The van der Waals surface area contributed by atoms with Crippen molar-refractivity contribution in [2.45, 2.75) is 33.3 Å². The zero-order valence-corrected chi connectivity index (χ0v) is 12.5. The second-order valence-electron chi connectivity index (χ2n) is 4.64. The lowest BCUT2D eigenvalue weighted by molar-refractivity contribution is -0.125. The molecule has 0 bridgehead atoms. The Morgan fingerprint density at radius 3 is 2.75 bits per heavy atom. The Morgan fingerprint density at radius 2 is 2.10 bits per heavy atom. The zero-order chi connectivity index (χ0) is 14.8. The highest BCUT2D eigenvalue weighted by atomic mass is 16.7. The van der Waals surface area contributed by atoms with Gasteiger partial charge >= 0.3 is 0 Å². The van der Waals surface area contributed by atoms with Crippen molar-refractivity contribution in [2.24, 2.45) is 0 Å². The molecule has 20 heavy (non-hydrogen) atoms. The summed E-state index contributed by atoms with van der Waals surface area (Å²) in [7, 11) is 1.67. The van der Waals surface area contributed by atoms with Crippen LogP contribution in [0.5, 0.6) is 5.75 Å². The molecule has 1 amide bonds. The van der Waals surface area contributed by atoms with Crippen LogP contribution in [0.2, 0.25) is 0 Å². The zero-order valence-electron chi connectivity index (χ0n) is 12.5. The van der Waals surface area contributed by atoms with Crippen molar-refractivity contribution in [3.63, 3.8) is 0 Å². The lowest BCUT2D eigenvalue weighted by Gasteiger charge is -2.12. The molecule has 0 unspecified atom stereocenters. The van der Waals surface area contributed by atoms with Crippen LogP contribution in [-0.4, -0.2) is 26.1 Å². The van der Waals surface area contributed by atoms with Crippen LogP contribution in [0.3, 0.4) is 0 Å². The fourth-order valence-corrected chi connectivity index (χ4v) is 1.84. The fraction of sp³-hybridized carbons (Fsp3) is 0.533. The van der Waals surface area contributed by atoms with E-state index < -0.39 is 0 Å². The number of hydroxylamine groups is 1. The highest BCUT2D eigenvalue weighted by molar-refractivity contribution is 5.71. The predicted octanol–water partition coefficient (Wildman–Crippen LogP) is 1.80. The average Bonchev–Trinajstić information content (AvgIpc) is 2.43. The van der Waals surface area contributed by atoms with Gasteiger partial charge in [-0.3, -0.25) is 4.79 Å². The fourth-order valence-electron chi connectivity index (χ4n) is 1.84.